The van der Waals surface area contributed by atoms with Crippen molar-refractivity contribution in [3.63, 3.8) is 0 Å². The van der Waals surface area contributed by atoms with Crippen LogP contribution in [0, 0.1) is 0 Å². The van der Waals surface area contributed by atoms with Gasteiger partial charge in [-0.3, -0.25) is 9.00 Å². The van der Waals surface area contributed by atoms with Gasteiger partial charge in [0.2, 0.25) is 0 Å². The van der Waals surface area contributed by atoms with Crippen molar-refractivity contribution in [3.05, 3.63) is 29.8 Å². The lowest BCUT2D eigenvalue weighted by molar-refractivity contribution is -0.136. The van der Waals surface area contributed by atoms with Crippen LogP contribution >= 0.6 is 0 Å². The normalized spacial score (nSPS) is 12.1. The van der Waals surface area contributed by atoms with Crippen LogP contribution in [-0.2, 0) is 22.5 Å². The Bertz CT molecular complexity index is 376. The van der Waals surface area contributed by atoms with Crippen LogP contribution in [0.3, 0.4) is 0 Å². The highest BCUT2D eigenvalue weighted by molar-refractivity contribution is 7.80. The molecule has 1 aromatic rings. The SMILES string of the molecule is CN(c1ccc(CC(=O)O)cc1)S(=O)[O-]. The van der Waals surface area contributed by atoms with E-state index in [4.69, 9.17) is 5.11 Å². The van der Waals surface area contributed by atoms with Gasteiger partial charge in [-0.2, -0.15) is 0 Å². The van der Waals surface area contributed by atoms with Gasteiger partial charge in [0, 0.05) is 24.0 Å². The summed E-state index contributed by atoms with van der Waals surface area (Å²) in [6.07, 6.45) is -0.0650. The molecule has 5 nitrogen and oxygen atoms in total. The standard InChI is InChI=1S/C9H11NO4S/c1-10(15(13)14)8-4-2-7(3-5-8)6-9(11)12/h2-5H,6H2,1H3,(H,11,12)(H,13,14)/p-1. The Hall–Kier alpha value is -1.40. The van der Waals surface area contributed by atoms with E-state index in [1.54, 1.807) is 24.3 Å². The zero-order valence-electron chi connectivity index (χ0n) is 8.04. The van der Waals surface area contributed by atoms with Crippen LogP contribution in [0.2, 0.25) is 0 Å². The number of hydrogen-bond acceptors (Lipinski definition) is 3. The van der Waals surface area contributed by atoms with Gasteiger partial charge in [-0.05, 0) is 17.7 Å². The molecule has 0 heterocycles. The third-order valence-corrected chi connectivity index (χ3v) is 2.54. The fourth-order valence-electron chi connectivity index (χ4n) is 1.08. The number of carboxylic acid groups (broad SMARTS) is 1. The molecule has 1 unspecified atom stereocenters. The first-order valence-electron chi connectivity index (χ1n) is 4.14. The highest BCUT2D eigenvalue weighted by atomic mass is 32.2. The van der Waals surface area contributed by atoms with Crippen LogP contribution in [0.25, 0.3) is 0 Å². The van der Waals surface area contributed by atoms with Crippen LogP contribution in [0.1, 0.15) is 5.56 Å². The zero-order valence-corrected chi connectivity index (χ0v) is 8.86. The molecule has 0 aliphatic heterocycles. The highest BCUT2D eigenvalue weighted by Gasteiger charge is 2.03. The molecule has 1 aromatic carbocycles. The second kappa shape index (κ2) is 4.90. The molecular formula is C9H10NO4S-. The number of carbonyl (C=O) groups is 1. The van der Waals surface area contributed by atoms with Crippen LogP contribution < -0.4 is 4.31 Å². The number of hydrogen-bond donors (Lipinski definition) is 1. The molecule has 1 N–H and O–H groups in total. The smallest absolute Gasteiger partial charge is 0.307 e. The van der Waals surface area contributed by atoms with Crippen molar-refractivity contribution in [2.24, 2.45) is 0 Å². The number of nitrogens with zero attached hydrogens (tertiary/aromatic N) is 1. The van der Waals surface area contributed by atoms with E-state index < -0.39 is 17.2 Å². The summed E-state index contributed by atoms with van der Waals surface area (Å²) < 4.78 is 22.2. The average Bonchev–Trinajstić information content (AvgIpc) is 2.17. The lowest BCUT2D eigenvalue weighted by atomic mass is 10.1. The van der Waals surface area contributed by atoms with E-state index in [9.17, 15) is 13.6 Å². The van der Waals surface area contributed by atoms with Gasteiger partial charge >= 0.3 is 5.97 Å². The Labute approximate surface area is 89.8 Å². The third kappa shape index (κ3) is 3.34. The first-order valence-corrected chi connectivity index (χ1v) is 5.17. The van der Waals surface area contributed by atoms with Crippen LogP contribution in [0.5, 0.6) is 0 Å². The fourth-order valence-corrected chi connectivity index (χ4v) is 1.38. The van der Waals surface area contributed by atoms with Gasteiger partial charge in [0.1, 0.15) is 0 Å². The summed E-state index contributed by atoms with van der Waals surface area (Å²) >= 11 is -2.31. The van der Waals surface area contributed by atoms with Crippen LogP contribution in [0.15, 0.2) is 24.3 Å². The molecular weight excluding hydrogens is 218 g/mol. The summed E-state index contributed by atoms with van der Waals surface area (Å²) in [5, 5.41) is 8.52. The minimum absolute atomic E-state index is 0.0650. The Kier molecular flexibility index (Phi) is 3.81. The average molecular weight is 228 g/mol. The molecule has 0 radical (unpaired) electrons. The van der Waals surface area contributed by atoms with Crippen molar-refractivity contribution in [2.45, 2.75) is 6.42 Å². The zero-order chi connectivity index (χ0) is 11.4. The van der Waals surface area contributed by atoms with E-state index in [1.807, 2.05) is 0 Å². The number of anilines is 1. The summed E-state index contributed by atoms with van der Waals surface area (Å²) in [5.74, 6) is -0.913. The molecule has 0 fully saturated rings. The molecule has 0 aromatic heterocycles. The van der Waals surface area contributed by atoms with Crippen molar-refractivity contribution >= 4 is 22.9 Å². The molecule has 1 rings (SSSR count). The lowest BCUT2D eigenvalue weighted by Crippen LogP contribution is -2.19. The molecule has 0 aliphatic carbocycles. The van der Waals surface area contributed by atoms with Crippen LogP contribution in [0.4, 0.5) is 5.69 Å². The molecule has 0 saturated heterocycles. The van der Waals surface area contributed by atoms with Crippen molar-refractivity contribution in [3.8, 4) is 0 Å². The summed E-state index contributed by atoms with van der Waals surface area (Å²) in [6, 6.07) is 6.31. The topological polar surface area (TPSA) is 80.7 Å². The van der Waals surface area contributed by atoms with Crippen molar-refractivity contribution in [2.75, 3.05) is 11.4 Å². The van der Waals surface area contributed by atoms with E-state index in [2.05, 4.69) is 0 Å². The Morgan fingerprint density at radius 1 is 1.47 bits per heavy atom. The summed E-state index contributed by atoms with van der Waals surface area (Å²) in [6.45, 7) is 0. The first-order chi connectivity index (χ1) is 7.00. The monoisotopic (exact) mass is 228 g/mol. The van der Waals surface area contributed by atoms with Gasteiger partial charge in [0.25, 0.3) is 0 Å². The molecule has 0 amide bonds. The van der Waals surface area contributed by atoms with Crippen molar-refractivity contribution in [1.29, 1.82) is 0 Å². The van der Waals surface area contributed by atoms with E-state index in [0.717, 1.165) is 4.31 Å². The van der Waals surface area contributed by atoms with E-state index in [-0.39, 0.29) is 6.42 Å². The quantitative estimate of drug-likeness (QED) is 0.763. The minimum Gasteiger partial charge on any atom is -0.755 e. The predicted octanol–water partition coefficient (Wildman–Crippen LogP) is 0.544. The van der Waals surface area contributed by atoms with E-state index in [1.165, 1.54) is 7.05 Å². The maximum atomic E-state index is 10.6. The van der Waals surface area contributed by atoms with E-state index in [0.29, 0.717) is 11.3 Å². The predicted molar refractivity (Wildman–Crippen MR) is 55.1 cm³/mol. The molecule has 82 valence electrons. The molecule has 15 heavy (non-hydrogen) atoms. The molecule has 0 bridgehead atoms. The highest BCUT2D eigenvalue weighted by Crippen LogP contribution is 2.14. The van der Waals surface area contributed by atoms with Gasteiger partial charge in [-0.15, -0.1) is 0 Å². The molecule has 6 heteroatoms. The number of benzene rings is 1. The summed E-state index contributed by atoms with van der Waals surface area (Å²) in [5.41, 5.74) is 1.13. The largest absolute Gasteiger partial charge is 0.755 e. The third-order valence-electron chi connectivity index (χ3n) is 1.88. The Balaban J connectivity index is 2.80. The van der Waals surface area contributed by atoms with Gasteiger partial charge < -0.3 is 14.0 Å². The number of carboxylic acids is 1. The number of rotatable bonds is 4. The summed E-state index contributed by atoms with van der Waals surface area (Å²) in [7, 11) is 1.41. The van der Waals surface area contributed by atoms with E-state index >= 15 is 0 Å². The molecule has 0 saturated carbocycles. The van der Waals surface area contributed by atoms with Gasteiger partial charge in [-0.25, -0.2) is 0 Å². The minimum atomic E-state index is -2.31. The Morgan fingerprint density at radius 3 is 2.40 bits per heavy atom. The second-order valence-corrected chi connectivity index (χ2v) is 3.93. The second-order valence-electron chi connectivity index (χ2n) is 2.95. The maximum absolute atomic E-state index is 10.6. The summed E-state index contributed by atoms with van der Waals surface area (Å²) in [4.78, 5) is 10.4. The van der Waals surface area contributed by atoms with Crippen molar-refractivity contribution < 1.29 is 18.7 Å². The lowest BCUT2D eigenvalue weighted by Gasteiger charge is -2.21. The van der Waals surface area contributed by atoms with Crippen molar-refractivity contribution in [1.82, 2.24) is 0 Å². The maximum Gasteiger partial charge on any atom is 0.307 e. The van der Waals surface area contributed by atoms with Gasteiger partial charge in [0.05, 0.1) is 6.42 Å². The molecule has 0 aliphatic rings. The van der Waals surface area contributed by atoms with Gasteiger partial charge in [0.15, 0.2) is 0 Å². The fraction of sp³-hybridized carbons (Fsp3) is 0.222. The molecule has 0 spiro atoms. The molecule has 1 atom stereocenters. The van der Waals surface area contributed by atoms with Gasteiger partial charge in [-0.1, -0.05) is 12.1 Å². The van der Waals surface area contributed by atoms with Crippen LogP contribution in [-0.4, -0.2) is 26.9 Å². The Morgan fingerprint density at radius 2 is 2.00 bits per heavy atom. The first kappa shape index (κ1) is 11.7. The number of aliphatic carboxylic acids is 1.